The average molecular weight is 418 g/mol. The molecule has 3 aromatic carbocycles. The van der Waals surface area contributed by atoms with Crippen molar-refractivity contribution in [3.63, 3.8) is 0 Å². The molecule has 0 radical (unpaired) electrons. The number of benzene rings is 3. The molecular weight excluding hydrogens is 394 g/mol. The van der Waals surface area contributed by atoms with Crippen LogP contribution in [-0.2, 0) is 9.84 Å². The molecule has 1 aromatic heterocycles. The first-order valence-corrected chi connectivity index (χ1v) is 11.1. The summed E-state index contributed by atoms with van der Waals surface area (Å²) in [6.45, 7) is 5.94. The van der Waals surface area contributed by atoms with E-state index in [-0.39, 0.29) is 9.92 Å². The van der Waals surface area contributed by atoms with Crippen LogP contribution in [0, 0.1) is 20.8 Å². The second-order valence-electron chi connectivity index (χ2n) is 7.41. The fourth-order valence-corrected chi connectivity index (χ4v) is 4.45. The summed E-state index contributed by atoms with van der Waals surface area (Å²) in [5, 5.41) is 3.26. The quantitative estimate of drug-likeness (QED) is 0.474. The van der Waals surface area contributed by atoms with Crippen LogP contribution in [0.3, 0.4) is 0 Å². The van der Waals surface area contributed by atoms with Gasteiger partial charge in [0.2, 0.25) is 14.9 Å². The van der Waals surface area contributed by atoms with Gasteiger partial charge in [0, 0.05) is 11.4 Å². The normalized spacial score (nSPS) is 11.4. The summed E-state index contributed by atoms with van der Waals surface area (Å²) in [4.78, 5) is 4.53. The third-order valence-electron chi connectivity index (χ3n) is 4.95. The van der Waals surface area contributed by atoms with Crippen LogP contribution in [0.2, 0.25) is 0 Å². The van der Waals surface area contributed by atoms with Crippen molar-refractivity contribution in [2.24, 2.45) is 0 Å². The predicted molar refractivity (Wildman–Crippen MR) is 119 cm³/mol. The highest BCUT2D eigenvalue weighted by Crippen LogP contribution is 2.31. The van der Waals surface area contributed by atoms with Crippen molar-refractivity contribution in [1.29, 1.82) is 0 Å². The molecule has 0 aliphatic rings. The number of sulfone groups is 1. The van der Waals surface area contributed by atoms with E-state index in [4.69, 9.17) is 0 Å². The van der Waals surface area contributed by atoms with Crippen LogP contribution < -0.4 is 5.32 Å². The monoisotopic (exact) mass is 417 g/mol. The zero-order valence-corrected chi connectivity index (χ0v) is 17.9. The highest BCUT2D eigenvalue weighted by atomic mass is 32.2. The maximum atomic E-state index is 13.4. The van der Waals surface area contributed by atoms with Gasteiger partial charge in [-0.25, -0.2) is 13.4 Å². The van der Waals surface area contributed by atoms with Crippen molar-refractivity contribution in [1.82, 2.24) is 9.55 Å². The van der Waals surface area contributed by atoms with E-state index in [1.54, 1.807) is 35.2 Å². The number of rotatable bonds is 5. The van der Waals surface area contributed by atoms with Gasteiger partial charge >= 0.3 is 0 Å². The van der Waals surface area contributed by atoms with Crippen molar-refractivity contribution in [3.8, 4) is 5.69 Å². The summed E-state index contributed by atoms with van der Waals surface area (Å²) >= 11 is 0. The average Bonchev–Trinajstić information content (AvgIpc) is 3.15. The topological polar surface area (TPSA) is 64.0 Å². The van der Waals surface area contributed by atoms with Crippen molar-refractivity contribution < 1.29 is 8.42 Å². The van der Waals surface area contributed by atoms with Crippen LogP contribution in [0.4, 0.5) is 11.5 Å². The summed E-state index contributed by atoms with van der Waals surface area (Å²) in [6.07, 6.45) is 1.54. The van der Waals surface area contributed by atoms with Gasteiger partial charge in [0.1, 0.15) is 6.33 Å². The highest BCUT2D eigenvalue weighted by Gasteiger charge is 2.27. The second-order valence-corrected chi connectivity index (χ2v) is 9.28. The molecule has 0 bridgehead atoms. The van der Waals surface area contributed by atoms with E-state index in [9.17, 15) is 8.42 Å². The molecule has 0 unspecified atom stereocenters. The number of hydrogen-bond donors (Lipinski definition) is 1. The van der Waals surface area contributed by atoms with E-state index >= 15 is 0 Å². The van der Waals surface area contributed by atoms with Gasteiger partial charge in [0.05, 0.1) is 4.90 Å². The number of nitrogens with one attached hydrogen (secondary N) is 1. The summed E-state index contributed by atoms with van der Waals surface area (Å²) in [5.74, 6) is 0.406. The molecule has 0 aliphatic carbocycles. The first-order valence-electron chi connectivity index (χ1n) is 9.64. The molecule has 0 saturated heterocycles. The standard InChI is InChI=1S/C24H23N3O2S/c1-17-4-10-20(11-5-17)26-23-24(30(28,29)22-14-8-19(3)9-15-22)25-16-27(23)21-12-6-18(2)7-13-21/h4-16,26H,1-3H3. The van der Waals surface area contributed by atoms with Gasteiger partial charge in [-0.1, -0.05) is 53.1 Å². The van der Waals surface area contributed by atoms with Gasteiger partial charge in [-0.05, 0) is 57.2 Å². The molecule has 152 valence electrons. The summed E-state index contributed by atoms with van der Waals surface area (Å²) < 4.78 is 28.6. The summed E-state index contributed by atoms with van der Waals surface area (Å²) in [5.41, 5.74) is 4.86. The van der Waals surface area contributed by atoms with Crippen LogP contribution in [0.1, 0.15) is 16.7 Å². The Morgan fingerprint density at radius 2 is 1.23 bits per heavy atom. The minimum absolute atomic E-state index is 0.00694. The second kappa shape index (κ2) is 7.80. The Kier molecular flexibility index (Phi) is 5.18. The van der Waals surface area contributed by atoms with Gasteiger partial charge in [0.25, 0.3) is 0 Å². The van der Waals surface area contributed by atoms with Gasteiger partial charge in [-0.15, -0.1) is 0 Å². The van der Waals surface area contributed by atoms with Gasteiger partial charge in [-0.3, -0.25) is 4.57 Å². The Hall–Kier alpha value is -3.38. The van der Waals surface area contributed by atoms with Gasteiger partial charge < -0.3 is 5.32 Å². The maximum Gasteiger partial charge on any atom is 0.227 e. The van der Waals surface area contributed by atoms with Crippen LogP contribution in [0.25, 0.3) is 5.69 Å². The van der Waals surface area contributed by atoms with Crippen LogP contribution in [0.5, 0.6) is 0 Å². The third kappa shape index (κ3) is 3.86. The Labute approximate surface area is 177 Å². The zero-order valence-electron chi connectivity index (χ0n) is 17.1. The predicted octanol–water partition coefficient (Wildman–Crippen LogP) is 5.37. The van der Waals surface area contributed by atoms with E-state index in [1.165, 1.54) is 0 Å². The fourth-order valence-electron chi connectivity index (χ4n) is 3.15. The summed E-state index contributed by atoms with van der Waals surface area (Å²) in [7, 11) is -3.80. The smallest absolute Gasteiger partial charge is 0.227 e. The lowest BCUT2D eigenvalue weighted by molar-refractivity contribution is 0.593. The van der Waals surface area contributed by atoms with E-state index in [1.807, 2.05) is 69.3 Å². The van der Waals surface area contributed by atoms with E-state index in [2.05, 4.69) is 10.3 Å². The molecule has 0 atom stereocenters. The Bertz CT molecular complexity index is 1270. The Morgan fingerprint density at radius 3 is 1.80 bits per heavy atom. The van der Waals surface area contributed by atoms with Crippen molar-refractivity contribution >= 4 is 21.3 Å². The molecule has 0 amide bonds. The molecule has 0 aliphatic heterocycles. The lowest BCUT2D eigenvalue weighted by atomic mass is 10.2. The molecule has 30 heavy (non-hydrogen) atoms. The lowest BCUT2D eigenvalue weighted by Crippen LogP contribution is -2.08. The molecular formula is C24H23N3O2S. The number of aromatic nitrogens is 2. The minimum atomic E-state index is -3.80. The largest absolute Gasteiger partial charge is 0.339 e. The van der Waals surface area contributed by atoms with Gasteiger partial charge in [-0.2, -0.15) is 0 Å². The van der Waals surface area contributed by atoms with E-state index < -0.39 is 9.84 Å². The molecule has 1 heterocycles. The summed E-state index contributed by atoms with van der Waals surface area (Å²) in [6, 6.07) is 22.5. The highest BCUT2D eigenvalue weighted by molar-refractivity contribution is 7.91. The molecule has 0 saturated carbocycles. The lowest BCUT2D eigenvalue weighted by Gasteiger charge is -2.13. The first kappa shape index (κ1) is 19.9. The molecule has 0 spiro atoms. The number of imidazole rings is 1. The number of hydrogen-bond acceptors (Lipinski definition) is 4. The van der Waals surface area contributed by atoms with E-state index in [0.717, 1.165) is 28.1 Å². The fraction of sp³-hybridized carbons (Fsp3) is 0.125. The SMILES string of the molecule is Cc1ccc(Nc2c(S(=O)(=O)c3ccc(C)cc3)ncn2-c2ccc(C)cc2)cc1. The third-order valence-corrected chi connectivity index (χ3v) is 6.65. The van der Waals surface area contributed by atoms with Crippen LogP contribution >= 0.6 is 0 Å². The van der Waals surface area contributed by atoms with Crippen LogP contribution in [-0.4, -0.2) is 18.0 Å². The van der Waals surface area contributed by atoms with Crippen molar-refractivity contribution in [2.45, 2.75) is 30.7 Å². The van der Waals surface area contributed by atoms with Crippen molar-refractivity contribution in [3.05, 3.63) is 95.8 Å². The molecule has 5 nitrogen and oxygen atoms in total. The Balaban J connectivity index is 1.86. The minimum Gasteiger partial charge on any atom is -0.339 e. The molecule has 4 aromatic rings. The number of aryl methyl sites for hydroxylation is 3. The van der Waals surface area contributed by atoms with Crippen LogP contribution in [0.15, 0.2) is 89.0 Å². The van der Waals surface area contributed by atoms with Gasteiger partial charge in [0.15, 0.2) is 5.82 Å². The molecule has 4 rings (SSSR count). The number of anilines is 2. The first-order chi connectivity index (χ1) is 14.3. The van der Waals surface area contributed by atoms with Crippen molar-refractivity contribution in [2.75, 3.05) is 5.32 Å². The molecule has 0 fully saturated rings. The molecule has 1 N–H and O–H groups in total. The van der Waals surface area contributed by atoms with E-state index in [0.29, 0.717) is 5.82 Å². The maximum absolute atomic E-state index is 13.4. The number of nitrogens with zero attached hydrogens (tertiary/aromatic N) is 2. The Morgan fingerprint density at radius 1 is 0.733 bits per heavy atom. The molecule has 6 heteroatoms. The zero-order chi connectivity index (χ0) is 21.3.